The van der Waals surface area contributed by atoms with Crippen LogP contribution in [-0.2, 0) is 32.7 Å². The van der Waals surface area contributed by atoms with E-state index < -0.39 is 25.7 Å². The van der Waals surface area contributed by atoms with Crippen molar-refractivity contribution in [3.05, 3.63) is 94.0 Å². The number of phenolic OH excluding ortho intramolecular Hbond substituents is 2. The van der Waals surface area contributed by atoms with Crippen molar-refractivity contribution in [1.82, 2.24) is 25.3 Å². The van der Waals surface area contributed by atoms with Crippen molar-refractivity contribution in [2.45, 2.75) is 58.5 Å². The highest BCUT2D eigenvalue weighted by Crippen LogP contribution is 2.27. The van der Waals surface area contributed by atoms with Crippen LogP contribution in [0.4, 0.5) is 0 Å². The van der Waals surface area contributed by atoms with E-state index in [1.165, 1.54) is 5.56 Å². The number of rotatable bonds is 14. The molecule has 3 aromatic carbocycles. The standard InChI is InChI=1S/C35H51N5O6/c1-26-17-30(20-37-33(44)25-42)35(46)31(18-26)23-39-12-6-11-38(21-27-7-3-2-4-8-27)13-15-40(16-14-39)22-29-10-5-9-28(34(29)45)19-36-32(43)24-41/h2-5,7-10,17-18,32-33,36-37,41-46H,6,11-16,19-25H2,1H3. The first-order valence-electron chi connectivity index (χ1n) is 16.1. The van der Waals surface area contributed by atoms with Gasteiger partial charge < -0.3 is 30.6 Å². The first-order chi connectivity index (χ1) is 22.2. The summed E-state index contributed by atoms with van der Waals surface area (Å²) in [7, 11) is 0. The molecule has 1 fully saturated rings. The molecule has 8 N–H and O–H groups in total. The van der Waals surface area contributed by atoms with Gasteiger partial charge in [0.1, 0.15) is 24.0 Å². The summed E-state index contributed by atoms with van der Waals surface area (Å²) in [6.07, 6.45) is -1.13. The molecule has 2 unspecified atom stereocenters. The van der Waals surface area contributed by atoms with Crippen molar-refractivity contribution in [3.63, 3.8) is 0 Å². The maximum Gasteiger partial charge on any atom is 0.128 e. The van der Waals surface area contributed by atoms with Gasteiger partial charge in [-0.05, 0) is 32.0 Å². The van der Waals surface area contributed by atoms with Crippen molar-refractivity contribution in [2.75, 3.05) is 52.5 Å². The highest BCUT2D eigenvalue weighted by molar-refractivity contribution is 5.43. The molecule has 1 heterocycles. The third kappa shape index (κ3) is 11.0. The Kier molecular flexibility index (Phi) is 14.2. The number of nitrogens with zero attached hydrogens (tertiary/aromatic N) is 3. The lowest BCUT2D eigenvalue weighted by Crippen LogP contribution is -2.42. The van der Waals surface area contributed by atoms with Crippen LogP contribution in [0.2, 0.25) is 0 Å². The average molecular weight is 638 g/mol. The molecule has 1 aliphatic rings. The molecule has 252 valence electrons. The van der Waals surface area contributed by atoms with Gasteiger partial charge in [-0.25, -0.2) is 0 Å². The van der Waals surface area contributed by atoms with Gasteiger partial charge in [0.2, 0.25) is 0 Å². The predicted octanol–water partition coefficient (Wildman–Crippen LogP) is 1.42. The van der Waals surface area contributed by atoms with Gasteiger partial charge in [0.05, 0.1) is 13.2 Å². The van der Waals surface area contributed by atoms with E-state index in [2.05, 4.69) is 49.6 Å². The molecular formula is C35H51N5O6. The van der Waals surface area contributed by atoms with E-state index in [9.17, 15) is 25.5 Å². The number of aliphatic hydroxyl groups is 4. The molecule has 0 radical (unpaired) electrons. The maximum absolute atomic E-state index is 11.2. The fourth-order valence-electron chi connectivity index (χ4n) is 5.91. The zero-order valence-electron chi connectivity index (χ0n) is 26.9. The molecule has 0 saturated carbocycles. The van der Waals surface area contributed by atoms with Gasteiger partial charge >= 0.3 is 0 Å². The fraction of sp³-hybridized carbons (Fsp3) is 0.486. The highest BCUT2D eigenvalue weighted by atomic mass is 16.3. The summed E-state index contributed by atoms with van der Waals surface area (Å²) in [4.78, 5) is 7.19. The Balaban J connectivity index is 1.52. The number of benzene rings is 3. The summed E-state index contributed by atoms with van der Waals surface area (Å²) in [5.41, 5.74) is 5.23. The second-order valence-corrected chi connectivity index (χ2v) is 12.2. The number of phenols is 2. The monoisotopic (exact) mass is 637 g/mol. The van der Waals surface area contributed by atoms with Gasteiger partial charge in [-0.15, -0.1) is 0 Å². The van der Waals surface area contributed by atoms with E-state index in [0.717, 1.165) is 68.9 Å². The van der Waals surface area contributed by atoms with Crippen molar-refractivity contribution < 1.29 is 30.6 Å². The van der Waals surface area contributed by atoms with E-state index in [1.54, 1.807) is 0 Å². The molecule has 46 heavy (non-hydrogen) atoms. The molecule has 0 spiro atoms. The summed E-state index contributed by atoms with van der Waals surface area (Å²) < 4.78 is 0. The summed E-state index contributed by atoms with van der Waals surface area (Å²) >= 11 is 0. The number of hydrogen-bond donors (Lipinski definition) is 8. The lowest BCUT2D eigenvalue weighted by atomic mass is 10.0. The van der Waals surface area contributed by atoms with Gasteiger partial charge in [0, 0.05) is 81.2 Å². The van der Waals surface area contributed by atoms with Gasteiger partial charge in [-0.1, -0.05) is 66.2 Å². The molecule has 4 rings (SSSR count). The molecule has 1 saturated heterocycles. The lowest BCUT2D eigenvalue weighted by molar-refractivity contribution is 0.0663. The Morgan fingerprint density at radius 1 is 0.609 bits per heavy atom. The second-order valence-electron chi connectivity index (χ2n) is 12.2. The second kappa shape index (κ2) is 18.3. The van der Waals surface area contributed by atoms with Crippen LogP contribution in [-0.4, -0.2) is 110 Å². The number of hydrogen-bond acceptors (Lipinski definition) is 11. The summed E-state index contributed by atoms with van der Waals surface area (Å²) in [6, 6.07) is 20.0. The highest BCUT2D eigenvalue weighted by Gasteiger charge is 2.20. The molecule has 11 heteroatoms. The van der Waals surface area contributed by atoms with Crippen LogP contribution in [0.3, 0.4) is 0 Å². The topological polar surface area (TPSA) is 155 Å². The first kappa shape index (κ1) is 35.7. The van der Waals surface area contributed by atoms with Crippen molar-refractivity contribution in [2.24, 2.45) is 0 Å². The normalized spacial score (nSPS) is 17.2. The van der Waals surface area contributed by atoms with Crippen LogP contribution in [0.1, 0.15) is 39.8 Å². The quantitative estimate of drug-likeness (QED) is 0.121. The smallest absolute Gasteiger partial charge is 0.128 e. The molecule has 0 aliphatic carbocycles. The van der Waals surface area contributed by atoms with Crippen LogP contribution in [0.25, 0.3) is 0 Å². The number of nitrogens with one attached hydrogen (secondary N) is 2. The predicted molar refractivity (Wildman–Crippen MR) is 178 cm³/mol. The maximum atomic E-state index is 11.2. The van der Waals surface area contributed by atoms with E-state index in [4.69, 9.17) is 5.11 Å². The van der Waals surface area contributed by atoms with E-state index in [1.807, 2.05) is 43.3 Å². The van der Waals surface area contributed by atoms with Gasteiger partial charge in [-0.3, -0.25) is 25.3 Å². The SMILES string of the molecule is Cc1cc(CNC(O)CO)c(O)c(CN2CCCN(Cc3ccccc3)CCN(Cc3cccc(CNC(O)CO)c3O)CC2)c1. The molecular weight excluding hydrogens is 586 g/mol. The van der Waals surface area contributed by atoms with Crippen LogP contribution >= 0.6 is 0 Å². The third-order valence-corrected chi connectivity index (χ3v) is 8.47. The minimum Gasteiger partial charge on any atom is -0.507 e. The molecule has 11 nitrogen and oxygen atoms in total. The largest absolute Gasteiger partial charge is 0.507 e. The molecule has 3 aromatic rings. The van der Waals surface area contributed by atoms with Crippen LogP contribution in [0, 0.1) is 6.92 Å². The van der Waals surface area contributed by atoms with Crippen LogP contribution in [0.5, 0.6) is 11.5 Å². The zero-order valence-corrected chi connectivity index (χ0v) is 26.9. The lowest BCUT2D eigenvalue weighted by Gasteiger charge is -2.33. The molecule has 1 aliphatic heterocycles. The average Bonchev–Trinajstić information content (AvgIpc) is 3.06. The number of aliphatic hydroxyl groups excluding tert-OH is 4. The minimum atomic E-state index is -1.06. The number of aromatic hydroxyl groups is 2. The number of para-hydroxylation sites is 1. The Morgan fingerprint density at radius 2 is 1.11 bits per heavy atom. The van der Waals surface area contributed by atoms with Gasteiger partial charge in [0.15, 0.2) is 0 Å². The number of aryl methyl sites for hydroxylation is 1. The van der Waals surface area contributed by atoms with Crippen molar-refractivity contribution in [1.29, 1.82) is 0 Å². The Morgan fingerprint density at radius 3 is 1.74 bits per heavy atom. The first-order valence-corrected chi connectivity index (χ1v) is 16.1. The zero-order chi connectivity index (χ0) is 32.9. The molecule has 0 bridgehead atoms. The molecule has 0 aromatic heterocycles. The van der Waals surface area contributed by atoms with Crippen LogP contribution in [0.15, 0.2) is 60.7 Å². The minimum absolute atomic E-state index is 0.187. The van der Waals surface area contributed by atoms with Crippen molar-refractivity contribution in [3.8, 4) is 11.5 Å². The van der Waals surface area contributed by atoms with Gasteiger partial charge in [-0.2, -0.15) is 0 Å². The van der Waals surface area contributed by atoms with Crippen molar-refractivity contribution >= 4 is 0 Å². The van der Waals surface area contributed by atoms with Gasteiger partial charge in [0.25, 0.3) is 0 Å². The van der Waals surface area contributed by atoms with Crippen LogP contribution < -0.4 is 10.6 Å². The molecule has 0 amide bonds. The van der Waals surface area contributed by atoms with E-state index in [0.29, 0.717) is 24.2 Å². The fourth-order valence-corrected chi connectivity index (χ4v) is 5.91. The Labute approximate surface area is 272 Å². The molecule has 2 atom stereocenters. The van der Waals surface area contributed by atoms with E-state index in [-0.39, 0.29) is 24.6 Å². The van der Waals surface area contributed by atoms with E-state index >= 15 is 0 Å². The summed E-state index contributed by atoms with van der Waals surface area (Å²) in [5.74, 6) is 0.386. The summed E-state index contributed by atoms with van der Waals surface area (Å²) in [6.45, 7) is 8.61. The Hall–Kier alpha value is -3.10. The third-order valence-electron chi connectivity index (χ3n) is 8.47. The summed E-state index contributed by atoms with van der Waals surface area (Å²) in [5, 5.41) is 65.7. The Bertz CT molecular complexity index is 1350.